The van der Waals surface area contributed by atoms with Crippen LogP contribution in [0.5, 0.6) is 0 Å². The van der Waals surface area contributed by atoms with Gasteiger partial charge in [-0.3, -0.25) is 9.36 Å². The van der Waals surface area contributed by atoms with E-state index < -0.39 is 0 Å². The Hall–Kier alpha value is -2.17. The molecule has 2 aromatic heterocycles. The third-order valence-electron chi connectivity index (χ3n) is 3.54. The van der Waals surface area contributed by atoms with Gasteiger partial charge in [0.25, 0.3) is 0 Å². The van der Waals surface area contributed by atoms with Gasteiger partial charge in [-0.05, 0) is 31.4 Å². The SMILES string of the molecule is Cc1nccn1-c1ncccc1NC(=O)C1CC1C. The van der Waals surface area contributed by atoms with Gasteiger partial charge in [-0.1, -0.05) is 6.92 Å². The number of pyridine rings is 1. The number of hydrogen-bond acceptors (Lipinski definition) is 3. The largest absolute Gasteiger partial charge is 0.323 e. The van der Waals surface area contributed by atoms with Gasteiger partial charge >= 0.3 is 0 Å². The van der Waals surface area contributed by atoms with E-state index in [2.05, 4.69) is 22.2 Å². The minimum absolute atomic E-state index is 0.0829. The normalized spacial score (nSPS) is 21.2. The predicted octanol–water partition coefficient (Wildman–Crippen LogP) is 2.17. The van der Waals surface area contributed by atoms with Gasteiger partial charge in [0.05, 0.1) is 5.69 Å². The zero-order valence-electron chi connectivity index (χ0n) is 11.0. The summed E-state index contributed by atoms with van der Waals surface area (Å²) < 4.78 is 1.87. The lowest BCUT2D eigenvalue weighted by molar-refractivity contribution is -0.117. The van der Waals surface area contributed by atoms with Crippen LogP contribution in [-0.2, 0) is 4.79 Å². The molecule has 1 aliphatic carbocycles. The third kappa shape index (κ3) is 2.23. The summed E-state index contributed by atoms with van der Waals surface area (Å²) in [6, 6.07) is 3.69. The van der Waals surface area contributed by atoms with E-state index in [-0.39, 0.29) is 11.8 Å². The molecule has 0 radical (unpaired) electrons. The minimum Gasteiger partial charge on any atom is -0.323 e. The lowest BCUT2D eigenvalue weighted by atomic mass is 10.3. The molecule has 0 aliphatic heterocycles. The molecule has 2 heterocycles. The topological polar surface area (TPSA) is 59.8 Å². The van der Waals surface area contributed by atoms with Crippen molar-refractivity contribution in [2.45, 2.75) is 20.3 Å². The van der Waals surface area contributed by atoms with Crippen molar-refractivity contribution < 1.29 is 4.79 Å². The highest BCUT2D eigenvalue weighted by atomic mass is 16.2. The number of carbonyl (C=O) groups excluding carboxylic acids is 1. The smallest absolute Gasteiger partial charge is 0.227 e. The average Bonchev–Trinajstić information content (AvgIpc) is 2.98. The summed E-state index contributed by atoms with van der Waals surface area (Å²) in [5.41, 5.74) is 0.729. The van der Waals surface area contributed by atoms with Crippen molar-refractivity contribution in [1.29, 1.82) is 0 Å². The Morgan fingerprint density at radius 1 is 1.42 bits per heavy atom. The molecule has 1 fully saturated rings. The van der Waals surface area contributed by atoms with Crippen LogP contribution in [0.2, 0.25) is 0 Å². The van der Waals surface area contributed by atoms with E-state index in [1.165, 1.54) is 0 Å². The minimum atomic E-state index is 0.0829. The van der Waals surface area contributed by atoms with Crippen LogP contribution < -0.4 is 5.32 Å². The van der Waals surface area contributed by atoms with Crippen molar-refractivity contribution >= 4 is 11.6 Å². The fraction of sp³-hybridized carbons (Fsp3) is 0.357. The van der Waals surface area contributed by atoms with Gasteiger partial charge in [0, 0.05) is 24.5 Å². The van der Waals surface area contributed by atoms with Crippen LogP contribution >= 0.6 is 0 Å². The summed E-state index contributed by atoms with van der Waals surface area (Å²) in [6.45, 7) is 4.00. The van der Waals surface area contributed by atoms with Crippen LogP contribution in [0.4, 0.5) is 5.69 Å². The molecule has 1 aliphatic rings. The van der Waals surface area contributed by atoms with Crippen LogP contribution in [-0.4, -0.2) is 20.4 Å². The Morgan fingerprint density at radius 2 is 2.21 bits per heavy atom. The number of rotatable bonds is 3. The number of aryl methyl sites for hydroxylation is 1. The molecule has 0 saturated heterocycles. The van der Waals surface area contributed by atoms with Crippen molar-refractivity contribution in [2.75, 3.05) is 5.32 Å². The van der Waals surface area contributed by atoms with Crippen molar-refractivity contribution in [3.05, 3.63) is 36.5 Å². The second kappa shape index (κ2) is 4.50. The third-order valence-corrected chi connectivity index (χ3v) is 3.54. The predicted molar refractivity (Wildman–Crippen MR) is 72.0 cm³/mol. The summed E-state index contributed by atoms with van der Waals surface area (Å²) in [5.74, 6) is 2.28. The molecule has 2 aromatic rings. The Balaban J connectivity index is 1.90. The maximum absolute atomic E-state index is 12.0. The maximum Gasteiger partial charge on any atom is 0.227 e. The fourth-order valence-corrected chi connectivity index (χ4v) is 2.20. The van der Waals surface area contributed by atoms with Gasteiger partial charge in [0.15, 0.2) is 5.82 Å². The number of nitrogens with zero attached hydrogens (tertiary/aromatic N) is 3. The standard InChI is InChI=1S/C14H16N4O/c1-9-8-11(9)14(19)17-12-4-3-5-16-13(12)18-7-6-15-10(18)2/h3-7,9,11H,8H2,1-2H3,(H,17,19). The second-order valence-electron chi connectivity index (χ2n) is 5.03. The highest BCUT2D eigenvalue weighted by molar-refractivity contribution is 5.95. The summed E-state index contributed by atoms with van der Waals surface area (Å²) in [6.07, 6.45) is 6.25. The first-order valence-corrected chi connectivity index (χ1v) is 6.43. The molecule has 5 nitrogen and oxygen atoms in total. The van der Waals surface area contributed by atoms with E-state index >= 15 is 0 Å². The average molecular weight is 256 g/mol. The molecule has 2 atom stereocenters. The second-order valence-corrected chi connectivity index (χ2v) is 5.03. The number of nitrogens with one attached hydrogen (secondary N) is 1. The Kier molecular flexibility index (Phi) is 2.81. The van der Waals surface area contributed by atoms with Gasteiger partial charge < -0.3 is 5.32 Å². The highest BCUT2D eigenvalue weighted by Gasteiger charge is 2.39. The quantitative estimate of drug-likeness (QED) is 0.915. The molecule has 3 rings (SSSR count). The molecule has 19 heavy (non-hydrogen) atoms. The first-order valence-electron chi connectivity index (χ1n) is 6.43. The summed E-state index contributed by atoms with van der Waals surface area (Å²) in [4.78, 5) is 20.6. The molecule has 0 aromatic carbocycles. The van der Waals surface area contributed by atoms with Crippen molar-refractivity contribution in [3.8, 4) is 5.82 Å². The van der Waals surface area contributed by atoms with Gasteiger partial charge in [0.1, 0.15) is 5.82 Å². The molecule has 1 amide bonds. The Morgan fingerprint density at radius 3 is 2.84 bits per heavy atom. The van der Waals surface area contributed by atoms with E-state index in [4.69, 9.17) is 0 Å². The fourth-order valence-electron chi connectivity index (χ4n) is 2.20. The Bertz CT molecular complexity index is 619. The number of anilines is 1. The van der Waals surface area contributed by atoms with E-state index in [1.807, 2.05) is 29.8 Å². The van der Waals surface area contributed by atoms with Crippen LogP contribution in [0.3, 0.4) is 0 Å². The van der Waals surface area contributed by atoms with Gasteiger partial charge in [-0.2, -0.15) is 0 Å². The van der Waals surface area contributed by atoms with Crippen molar-refractivity contribution in [2.24, 2.45) is 11.8 Å². The van der Waals surface area contributed by atoms with Crippen LogP contribution in [0.1, 0.15) is 19.2 Å². The number of aromatic nitrogens is 3. The maximum atomic E-state index is 12.0. The van der Waals surface area contributed by atoms with Crippen LogP contribution in [0.15, 0.2) is 30.7 Å². The van der Waals surface area contributed by atoms with Gasteiger partial charge in [0.2, 0.25) is 5.91 Å². The molecule has 0 bridgehead atoms. The number of imidazole rings is 1. The molecular formula is C14H16N4O. The number of amides is 1. The first kappa shape index (κ1) is 11.9. The van der Waals surface area contributed by atoms with Gasteiger partial charge in [-0.15, -0.1) is 0 Å². The van der Waals surface area contributed by atoms with Crippen LogP contribution in [0.25, 0.3) is 5.82 Å². The van der Waals surface area contributed by atoms with Crippen molar-refractivity contribution in [3.63, 3.8) is 0 Å². The molecule has 1 N–H and O–H groups in total. The monoisotopic (exact) mass is 256 g/mol. The number of carbonyl (C=O) groups is 1. The Labute approximate surface area is 111 Å². The highest BCUT2D eigenvalue weighted by Crippen LogP contribution is 2.38. The first-order chi connectivity index (χ1) is 9.16. The van der Waals surface area contributed by atoms with E-state index in [0.717, 1.165) is 17.9 Å². The zero-order valence-corrected chi connectivity index (χ0v) is 11.0. The lowest BCUT2D eigenvalue weighted by Crippen LogP contribution is -2.16. The molecular weight excluding hydrogens is 240 g/mol. The molecule has 2 unspecified atom stereocenters. The van der Waals surface area contributed by atoms with Gasteiger partial charge in [-0.25, -0.2) is 9.97 Å². The molecule has 1 saturated carbocycles. The zero-order chi connectivity index (χ0) is 13.4. The lowest BCUT2D eigenvalue weighted by Gasteiger charge is -2.11. The van der Waals surface area contributed by atoms with E-state index in [1.54, 1.807) is 12.4 Å². The molecule has 98 valence electrons. The van der Waals surface area contributed by atoms with Crippen molar-refractivity contribution in [1.82, 2.24) is 14.5 Å². The summed E-state index contributed by atoms with van der Waals surface area (Å²) >= 11 is 0. The summed E-state index contributed by atoms with van der Waals surface area (Å²) in [7, 11) is 0. The summed E-state index contributed by atoms with van der Waals surface area (Å²) in [5, 5.41) is 2.97. The molecule has 5 heteroatoms. The van der Waals surface area contributed by atoms with Crippen LogP contribution in [0, 0.1) is 18.8 Å². The van der Waals surface area contributed by atoms with E-state index in [0.29, 0.717) is 11.7 Å². The van der Waals surface area contributed by atoms with E-state index in [9.17, 15) is 4.79 Å². The number of hydrogen-bond donors (Lipinski definition) is 1. The molecule has 0 spiro atoms.